The second-order valence-electron chi connectivity index (χ2n) is 8.26. The standard InChI is InChI=1S/C23H28F2N6O4S/c1-2-7-36-23-27-21(26-15-9-12(15)11-3-4-13(24)14(25)8-11)18-22(28-23)31(30-29-18)16-10-17(35-6-5-32)20(34)19(16)33/h3-4,8,12,15-17,19-20,32-34H,2,5-7,9-10H2,1H3,(H,26,27,28)/t12?,15-,16+,17-,19-,20+/m0/s1/i3D,4D,5D2,7D2,8D,12D. The van der Waals surface area contributed by atoms with Crippen LogP contribution >= 0.6 is 11.8 Å². The summed E-state index contributed by atoms with van der Waals surface area (Å²) >= 11 is 0.670. The minimum Gasteiger partial charge on any atom is -0.394 e. The van der Waals surface area contributed by atoms with Gasteiger partial charge in [-0.1, -0.05) is 29.9 Å². The van der Waals surface area contributed by atoms with Gasteiger partial charge in [0.15, 0.2) is 33.8 Å². The molecule has 0 aliphatic heterocycles. The van der Waals surface area contributed by atoms with E-state index in [1.54, 1.807) is 6.92 Å². The number of aliphatic hydroxyl groups excluding tert-OH is 2. The smallest absolute Gasteiger partial charge is 0.191 e. The zero-order valence-corrected chi connectivity index (χ0v) is 19.7. The molecule has 0 spiro atoms. The number of rotatable bonds is 10. The van der Waals surface area contributed by atoms with Gasteiger partial charge in [-0.2, -0.15) is 0 Å². The molecule has 2 heterocycles. The molecule has 2 aliphatic carbocycles. The summed E-state index contributed by atoms with van der Waals surface area (Å²) in [5.41, 5.74) is -2.30. The van der Waals surface area contributed by atoms with E-state index in [1.165, 1.54) is 4.68 Å². The fourth-order valence-electron chi connectivity index (χ4n) is 4.11. The Balaban J connectivity index is 1.51. The number of thioether (sulfide) groups is 1. The Kier molecular flexibility index (Phi) is 5.00. The summed E-state index contributed by atoms with van der Waals surface area (Å²) in [6.45, 7) is -1.84. The molecule has 0 bridgehead atoms. The van der Waals surface area contributed by atoms with Crippen molar-refractivity contribution in [1.82, 2.24) is 25.0 Å². The number of nitrogens with zero attached hydrogens (tertiary/aromatic N) is 5. The molecule has 3 aromatic rings. The first-order valence-electron chi connectivity index (χ1n) is 15.1. The third-order valence-corrected chi connectivity index (χ3v) is 6.73. The average Bonchev–Trinajstić information content (AvgIpc) is 3.25. The van der Waals surface area contributed by atoms with Crippen molar-refractivity contribution in [2.24, 2.45) is 0 Å². The maximum absolute atomic E-state index is 14.3. The van der Waals surface area contributed by atoms with Crippen molar-refractivity contribution in [3.63, 3.8) is 0 Å². The number of benzene rings is 1. The number of aliphatic hydroxyl groups is 3. The molecule has 2 saturated carbocycles. The van der Waals surface area contributed by atoms with Gasteiger partial charge in [0.25, 0.3) is 0 Å². The van der Waals surface area contributed by atoms with Crippen LogP contribution in [0.15, 0.2) is 23.3 Å². The van der Waals surface area contributed by atoms with Crippen molar-refractivity contribution in [2.75, 3.05) is 24.2 Å². The normalized spacial score (nSPS) is 33.7. The first kappa shape index (κ1) is 17.1. The molecule has 1 unspecified atom stereocenters. The third kappa shape index (κ3) is 4.90. The minimum atomic E-state index is -2.68. The van der Waals surface area contributed by atoms with Gasteiger partial charge in [-0.25, -0.2) is 23.4 Å². The molecule has 0 saturated heterocycles. The van der Waals surface area contributed by atoms with Gasteiger partial charge in [0.1, 0.15) is 12.2 Å². The van der Waals surface area contributed by atoms with Crippen LogP contribution in [0.1, 0.15) is 54.7 Å². The first-order chi connectivity index (χ1) is 20.4. The molecular weight excluding hydrogens is 494 g/mol. The lowest BCUT2D eigenvalue weighted by atomic mass is 10.1. The Morgan fingerprint density at radius 3 is 2.89 bits per heavy atom. The predicted octanol–water partition coefficient (Wildman–Crippen LogP) is 2.01. The predicted molar refractivity (Wildman–Crippen MR) is 128 cm³/mol. The maximum atomic E-state index is 14.3. The third-order valence-electron chi connectivity index (χ3n) is 5.93. The summed E-state index contributed by atoms with van der Waals surface area (Å²) in [6.07, 6.45) is -4.17. The highest BCUT2D eigenvalue weighted by Gasteiger charge is 2.45. The van der Waals surface area contributed by atoms with Gasteiger partial charge < -0.3 is 25.4 Å². The fourth-order valence-corrected chi connectivity index (χ4v) is 4.65. The number of hydrogen-bond donors (Lipinski definition) is 4. The molecular formula is C23H28F2N6O4S. The molecule has 0 radical (unpaired) electrons. The lowest BCUT2D eigenvalue weighted by Crippen LogP contribution is -2.33. The van der Waals surface area contributed by atoms with Gasteiger partial charge in [0, 0.05) is 28.2 Å². The van der Waals surface area contributed by atoms with E-state index < -0.39 is 90.5 Å². The zero-order chi connectivity index (χ0) is 32.5. The van der Waals surface area contributed by atoms with Crippen LogP contribution in [0.2, 0.25) is 0 Å². The van der Waals surface area contributed by atoms with Gasteiger partial charge in [0.05, 0.1) is 32.2 Å². The van der Waals surface area contributed by atoms with E-state index in [-0.39, 0.29) is 41.4 Å². The summed E-state index contributed by atoms with van der Waals surface area (Å²) in [7, 11) is 0. The average molecular weight is 531 g/mol. The second-order valence-corrected chi connectivity index (χ2v) is 9.11. The van der Waals surface area contributed by atoms with Crippen molar-refractivity contribution in [2.45, 2.75) is 67.6 Å². The minimum absolute atomic E-state index is 0.00192. The van der Waals surface area contributed by atoms with Crippen LogP contribution in [0.25, 0.3) is 11.2 Å². The maximum Gasteiger partial charge on any atom is 0.191 e. The van der Waals surface area contributed by atoms with Crippen molar-refractivity contribution in [3.05, 3.63) is 35.3 Å². The van der Waals surface area contributed by atoms with Gasteiger partial charge in [0.2, 0.25) is 0 Å². The van der Waals surface area contributed by atoms with Crippen LogP contribution in [-0.2, 0) is 4.74 Å². The van der Waals surface area contributed by atoms with E-state index in [1.807, 2.05) is 0 Å². The van der Waals surface area contributed by atoms with E-state index in [0.29, 0.717) is 11.8 Å². The van der Waals surface area contributed by atoms with Crippen LogP contribution in [-0.4, -0.2) is 83.5 Å². The number of ether oxygens (including phenoxy) is 1. The van der Waals surface area contributed by atoms with E-state index in [9.17, 15) is 24.1 Å². The highest BCUT2D eigenvalue weighted by atomic mass is 32.2. The largest absolute Gasteiger partial charge is 0.394 e. The number of aromatic nitrogens is 5. The molecule has 2 aliphatic rings. The Labute approximate surface area is 221 Å². The van der Waals surface area contributed by atoms with E-state index >= 15 is 0 Å². The Morgan fingerprint density at radius 1 is 1.28 bits per heavy atom. The van der Waals surface area contributed by atoms with Crippen LogP contribution < -0.4 is 5.32 Å². The molecule has 5 rings (SSSR count). The molecule has 194 valence electrons. The van der Waals surface area contributed by atoms with E-state index in [4.69, 9.17) is 15.7 Å². The molecule has 6 atom stereocenters. The van der Waals surface area contributed by atoms with Crippen LogP contribution in [0.4, 0.5) is 14.6 Å². The molecule has 10 nitrogen and oxygen atoms in total. The van der Waals surface area contributed by atoms with E-state index in [0.717, 1.165) is 0 Å². The topological polar surface area (TPSA) is 138 Å². The van der Waals surface area contributed by atoms with Crippen LogP contribution in [0.5, 0.6) is 0 Å². The van der Waals surface area contributed by atoms with Gasteiger partial charge in [-0.15, -0.1) is 5.10 Å². The molecule has 2 fully saturated rings. The molecule has 36 heavy (non-hydrogen) atoms. The number of nitrogens with one attached hydrogen (secondary N) is 1. The highest BCUT2D eigenvalue weighted by molar-refractivity contribution is 7.99. The summed E-state index contributed by atoms with van der Waals surface area (Å²) < 4.78 is 98.1. The number of anilines is 1. The zero-order valence-electron chi connectivity index (χ0n) is 26.9. The van der Waals surface area contributed by atoms with Crippen LogP contribution in [0, 0.1) is 11.6 Å². The number of halogens is 2. The molecule has 1 aromatic carbocycles. The molecule has 0 amide bonds. The summed E-state index contributed by atoms with van der Waals surface area (Å²) in [5.74, 6) is -5.15. The highest BCUT2D eigenvalue weighted by Crippen LogP contribution is 2.44. The summed E-state index contributed by atoms with van der Waals surface area (Å²) in [5, 5.41) is 41.6. The summed E-state index contributed by atoms with van der Waals surface area (Å²) in [6, 6.07) is -4.80. The Morgan fingerprint density at radius 2 is 2.11 bits per heavy atom. The number of hydrogen-bond acceptors (Lipinski definition) is 10. The molecule has 2 aromatic heterocycles. The molecule has 13 heteroatoms. The lowest BCUT2D eigenvalue weighted by Gasteiger charge is -2.17. The fraction of sp³-hybridized carbons (Fsp3) is 0.565. The van der Waals surface area contributed by atoms with E-state index in [2.05, 4.69) is 25.6 Å². The number of fused-ring (bicyclic) bond motifs is 1. The summed E-state index contributed by atoms with van der Waals surface area (Å²) in [4.78, 5) is 8.72. The monoisotopic (exact) mass is 530 g/mol. The quantitative estimate of drug-likeness (QED) is 0.227. The second kappa shape index (κ2) is 10.5. The Bertz CT molecular complexity index is 1570. The first-order valence-corrected chi connectivity index (χ1v) is 11.9. The SMILES string of the molecule is [2H]c1c([2H])c(C2([2H])C[C@@H]2Nc2nc(SC([2H])([2H])CC)nc3c2nnn3[C@@H]2C[C@H](OCC([2H])([2H])O)[C@@H](O)[C@H]2O)c([2H])c(F)c1F. The van der Waals surface area contributed by atoms with Crippen molar-refractivity contribution >= 4 is 28.7 Å². The van der Waals surface area contributed by atoms with Crippen molar-refractivity contribution < 1.29 is 39.8 Å². The van der Waals surface area contributed by atoms with Crippen LogP contribution in [0.3, 0.4) is 0 Å². The van der Waals surface area contributed by atoms with Crippen molar-refractivity contribution in [1.29, 1.82) is 0 Å². The van der Waals surface area contributed by atoms with Crippen molar-refractivity contribution in [3.8, 4) is 0 Å². The van der Waals surface area contributed by atoms with Gasteiger partial charge in [-0.3, -0.25) is 0 Å². The lowest BCUT2D eigenvalue weighted by molar-refractivity contribution is -0.0629. The van der Waals surface area contributed by atoms with Gasteiger partial charge >= 0.3 is 0 Å². The molecule has 4 N–H and O–H groups in total. The van der Waals surface area contributed by atoms with Gasteiger partial charge in [-0.05, 0) is 30.5 Å². The Hall–Kier alpha value is -2.45.